The average molecular weight is 226 g/mol. The third-order valence-electron chi connectivity index (χ3n) is 4.20. The minimum Gasteiger partial charge on any atom is -0.311 e. The van der Waals surface area contributed by atoms with Gasteiger partial charge in [0.15, 0.2) is 0 Å². The Morgan fingerprint density at radius 3 is 2.31 bits per heavy atom. The van der Waals surface area contributed by atoms with E-state index in [9.17, 15) is 0 Å². The lowest BCUT2D eigenvalue weighted by molar-refractivity contribution is 0.0985. The lowest BCUT2D eigenvalue weighted by Crippen LogP contribution is -2.58. The summed E-state index contributed by atoms with van der Waals surface area (Å²) in [5.41, 5.74) is 0. The Morgan fingerprint density at radius 2 is 1.81 bits per heavy atom. The predicted molar refractivity (Wildman–Crippen MR) is 71.7 cm³/mol. The number of hydrogen-bond donors (Lipinski definition) is 1. The molecule has 0 spiro atoms. The Labute approximate surface area is 102 Å². The van der Waals surface area contributed by atoms with Gasteiger partial charge in [-0.1, -0.05) is 34.6 Å². The molecule has 2 nitrogen and oxygen atoms in total. The smallest absolute Gasteiger partial charge is 0.0218 e. The van der Waals surface area contributed by atoms with Crippen molar-refractivity contribution in [2.45, 2.75) is 53.6 Å². The van der Waals surface area contributed by atoms with Crippen molar-refractivity contribution < 1.29 is 0 Å². The van der Waals surface area contributed by atoms with Crippen LogP contribution in [0.3, 0.4) is 0 Å². The highest BCUT2D eigenvalue weighted by Gasteiger charge is 2.27. The maximum absolute atomic E-state index is 3.66. The molecule has 1 saturated heterocycles. The van der Waals surface area contributed by atoms with Crippen molar-refractivity contribution in [3.8, 4) is 0 Å². The molecule has 0 saturated carbocycles. The van der Waals surface area contributed by atoms with E-state index in [4.69, 9.17) is 0 Å². The van der Waals surface area contributed by atoms with Crippen LogP contribution in [0, 0.1) is 17.8 Å². The summed E-state index contributed by atoms with van der Waals surface area (Å²) in [6.07, 6.45) is 0. The first-order valence-electron chi connectivity index (χ1n) is 6.89. The van der Waals surface area contributed by atoms with Gasteiger partial charge in [0.05, 0.1) is 0 Å². The van der Waals surface area contributed by atoms with Crippen molar-refractivity contribution in [2.75, 3.05) is 19.6 Å². The lowest BCUT2D eigenvalue weighted by atomic mass is 9.94. The second kappa shape index (κ2) is 6.02. The molecular weight excluding hydrogens is 196 g/mol. The topological polar surface area (TPSA) is 15.3 Å². The van der Waals surface area contributed by atoms with Gasteiger partial charge in [-0.25, -0.2) is 0 Å². The Hall–Kier alpha value is -0.0800. The van der Waals surface area contributed by atoms with Gasteiger partial charge in [0.2, 0.25) is 0 Å². The highest BCUT2D eigenvalue weighted by molar-refractivity contribution is 4.86. The van der Waals surface area contributed by atoms with Gasteiger partial charge in [-0.15, -0.1) is 0 Å². The summed E-state index contributed by atoms with van der Waals surface area (Å²) < 4.78 is 0. The lowest BCUT2D eigenvalue weighted by Gasteiger charge is -2.42. The zero-order valence-corrected chi connectivity index (χ0v) is 12.0. The first-order valence-corrected chi connectivity index (χ1v) is 6.89. The molecule has 1 rings (SSSR count). The molecular formula is C14H30N2. The fourth-order valence-electron chi connectivity index (χ4n) is 2.23. The van der Waals surface area contributed by atoms with Gasteiger partial charge >= 0.3 is 0 Å². The molecule has 0 aromatic rings. The third-order valence-corrected chi connectivity index (χ3v) is 4.20. The van der Waals surface area contributed by atoms with Crippen LogP contribution in [0.15, 0.2) is 0 Å². The third kappa shape index (κ3) is 3.74. The molecule has 1 aliphatic heterocycles. The number of nitrogens with one attached hydrogen (secondary N) is 1. The molecule has 1 heterocycles. The number of piperazine rings is 1. The van der Waals surface area contributed by atoms with Crippen LogP contribution in [0.4, 0.5) is 0 Å². The summed E-state index contributed by atoms with van der Waals surface area (Å²) in [4.78, 5) is 2.67. The maximum atomic E-state index is 3.66. The van der Waals surface area contributed by atoms with Crippen LogP contribution in [-0.2, 0) is 0 Å². The van der Waals surface area contributed by atoms with E-state index < -0.39 is 0 Å². The zero-order valence-electron chi connectivity index (χ0n) is 12.0. The van der Waals surface area contributed by atoms with Gasteiger partial charge in [-0.05, 0) is 24.7 Å². The molecule has 2 heteroatoms. The standard InChI is InChI=1S/C14H30N2/c1-10(2)12(5)8-16-9-14(11(3)4)15-7-13(16)6/h10-15H,7-9H2,1-6H3. The first kappa shape index (κ1) is 14.0. The molecule has 1 aliphatic rings. The van der Waals surface area contributed by atoms with E-state index in [1.807, 2.05) is 0 Å². The maximum Gasteiger partial charge on any atom is 0.0218 e. The van der Waals surface area contributed by atoms with E-state index in [1.165, 1.54) is 13.1 Å². The fourth-order valence-corrected chi connectivity index (χ4v) is 2.23. The Balaban J connectivity index is 2.49. The molecule has 0 amide bonds. The van der Waals surface area contributed by atoms with Gasteiger partial charge in [0.1, 0.15) is 0 Å². The van der Waals surface area contributed by atoms with Crippen LogP contribution in [0.1, 0.15) is 41.5 Å². The zero-order chi connectivity index (χ0) is 12.3. The molecule has 3 unspecified atom stereocenters. The highest BCUT2D eigenvalue weighted by atomic mass is 15.2. The van der Waals surface area contributed by atoms with Crippen molar-refractivity contribution in [3.05, 3.63) is 0 Å². The van der Waals surface area contributed by atoms with Crippen molar-refractivity contribution in [2.24, 2.45) is 17.8 Å². The number of rotatable bonds is 4. The van der Waals surface area contributed by atoms with Gasteiger partial charge in [-0.2, -0.15) is 0 Å². The van der Waals surface area contributed by atoms with Gasteiger partial charge in [0.25, 0.3) is 0 Å². The molecule has 0 aromatic carbocycles. The van der Waals surface area contributed by atoms with Crippen molar-refractivity contribution in [1.82, 2.24) is 10.2 Å². The molecule has 1 fully saturated rings. The first-order chi connectivity index (χ1) is 7.41. The summed E-state index contributed by atoms with van der Waals surface area (Å²) in [7, 11) is 0. The van der Waals surface area contributed by atoms with Crippen LogP contribution < -0.4 is 5.32 Å². The van der Waals surface area contributed by atoms with Crippen molar-refractivity contribution in [3.63, 3.8) is 0 Å². The summed E-state index contributed by atoms with van der Waals surface area (Å²) in [5, 5.41) is 3.66. The largest absolute Gasteiger partial charge is 0.311 e. The molecule has 0 radical (unpaired) electrons. The Morgan fingerprint density at radius 1 is 1.19 bits per heavy atom. The Bertz CT molecular complexity index is 199. The van der Waals surface area contributed by atoms with Crippen LogP contribution in [0.5, 0.6) is 0 Å². The highest BCUT2D eigenvalue weighted by Crippen LogP contribution is 2.17. The van der Waals surface area contributed by atoms with Crippen LogP contribution >= 0.6 is 0 Å². The average Bonchev–Trinajstić information content (AvgIpc) is 2.20. The van der Waals surface area contributed by atoms with Crippen LogP contribution in [0.25, 0.3) is 0 Å². The normalized spacial score (nSPS) is 30.0. The van der Waals surface area contributed by atoms with Crippen LogP contribution in [0.2, 0.25) is 0 Å². The molecule has 0 bridgehead atoms. The second-order valence-corrected chi connectivity index (χ2v) is 6.28. The summed E-state index contributed by atoms with van der Waals surface area (Å²) in [6.45, 7) is 17.6. The van der Waals surface area contributed by atoms with Crippen molar-refractivity contribution in [1.29, 1.82) is 0 Å². The van der Waals surface area contributed by atoms with E-state index in [0.29, 0.717) is 12.1 Å². The number of hydrogen-bond acceptors (Lipinski definition) is 2. The van der Waals surface area contributed by atoms with Gasteiger partial charge < -0.3 is 5.32 Å². The summed E-state index contributed by atoms with van der Waals surface area (Å²) in [6, 6.07) is 1.37. The fraction of sp³-hybridized carbons (Fsp3) is 1.00. The molecule has 96 valence electrons. The van der Waals surface area contributed by atoms with E-state index in [1.54, 1.807) is 0 Å². The minimum atomic E-state index is 0.676. The van der Waals surface area contributed by atoms with Crippen molar-refractivity contribution >= 4 is 0 Å². The molecule has 0 aliphatic carbocycles. The monoisotopic (exact) mass is 226 g/mol. The summed E-state index contributed by atoms with van der Waals surface area (Å²) >= 11 is 0. The van der Waals surface area contributed by atoms with Gasteiger partial charge in [-0.3, -0.25) is 4.90 Å². The van der Waals surface area contributed by atoms with Gasteiger partial charge in [0, 0.05) is 31.7 Å². The van der Waals surface area contributed by atoms with Crippen LogP contribution in [-0.4, -0.2) is 36.6 Å². The number of nitrogens with zero attached hydrogens (tertiary/aromatic N) is 1. The van der Waals surface area contributed by atoms with E-state index >= 15 is 0 Å². The molecule has 16 heavy (non-hydrogen) atoms. The SMILES string of the molecule is CC(C)C(C)CN1CC(C(C)C)NCC1C. The molecule has 1 N–H and O–H groups in total. The molecule has 3 atom stereocenters. The quantitative estimate of drug-likeness (QED) is 0.792. The molecule has 0 aromatic heterocycles. The Kier molecular flexibility index (Phi) is 5.26. The summed E-state index contributed by atoms with van der Waals surface area (Å²) in [5.74, 6) is 2.33. The minimum absolute atomic E-state index is 0.676. The second-order valence-electron chi connectivity index (χ2n) is 6.28. The predicted octanol–water partition coefficient (Wildman–Crippen LogP) is 2.60. The van der Waals surface area contributed by atoms with E-state index in [-0.39, 0.29) is 0 Å². The van der Waals surface area contributed by atoms with E-state index in [2.05, 4.69) is 51.8 Å². The van der Waals surface area contributed by atoms with E-state index in [0.717, 1.165) is 24.3 Å².